The summed E-state index contributed by atoms with van der Waals surface area (Å²) in [6.45, 7) is 2.38. The van der Waals surface area contributed by atoms with Gasteiger partial charge in [0.15, 0.2) is 0 Å². The molecule has 1 fully saturated rings. The summed E-state index contributed by atoms with van der Waals surface area (Å²) < 4.78 is 6.61. The van der Waals surface area contributed by atoms with Gasteiger partial charge in [-0.25, -0.2) is 19.6 Å². The van der Waals surface area contributed by atoms with Crippen molar-refractivity contribution in [1.29, 1.82) is 5.26 Å². The molecule has 3 aromatic heterocycles. The zero-order valence-electron chi connectivity index (χ0n) is 22.4. The quantitative estimate of drug-likeness (QED) is 0.340. The van der Waals surface area contributed by atoms with E-state index in [9.17, 15) is 10.1 Å². The van der Waals surface area contributed by atoms with E-state index >= 15 is 0 Å². The van der Waals surface area contributed by atoms with Crippen molar-refractivity contribution < 1.29 is 19.1 Å². The fourth-order valence-corrected chi connectivity index (χ4v) is 4.34. The van der Waals surface area contributed by atoms with E-state index in [1.54, 1.807) is 35.1 Å². The first-order chi connectivity index (χ1) is 20.0. The third-order valence-electron chi connectivity index (χ3n) is 6.14. The van der Waals surface area contributed by atoms with E-state index in [-0.39, 0.29) is 24.6 Å². The molecule has 1 aliphatic heterocycles. The molecule has 0 aliphatic carbocycles. The number of nitrogens with zero attached hydrogens (tertiary/aromatic N) is 8. The number of nitrogens with one attached hydrogen (secondary N) is 1. The highest BCUT2D eigenvalue weighted by Gasteiger charge is 2.15. The third-order valence-corrected chi connectivity index (χ3v) is 6.14. The number of carbonyl (C=O) groups is 1. The van der Waals surface area contributed by atoms with Gasteiger partial charge < -0.3 is 9.64 Å². The van der Waals surface area contributed by atoms with E-state index in [0.29, 0.717) is 34.8 Å². The minimum atomic E-state index is -0.385. The molecular weight excluding hydrogens is 526 g/mol. The number of benzene rings is 1. The second-order valence-electron chi connectivity index (χ2n) is 9.06. The standard InChI is InChI=1S/C27H27N9O2.CO2/c1-38-18-26(37)32-27-30-22(20-8-5-7-19(13-20)15-28)14-23(31-27)24-17-36(34-33-24)16-21-9-6-10-25(29-21)35-11-3-2-4-12-35;2-1-3/h5-10,13-14,17H,2-4,11-12,16,18H2,1H3,(H,30,31,32,37);. The second-order valence-corrected chi connectivity index (χ2v) is 9.06. The number of hydrogen-bond donors (Lipinski definition) is 1. The highest BCUT2D eigenvalue weighted by molar-refractivity contribution is 5.90. The molecule has 41 heavy (non-hydrogen) atoms. The number of amides is 1. The van der Waals surface area contributed by atoms with Crippen LogP contribution in [0.5, 0.6) is 0 Å². The van der Waals surface area contributed by atoms with Crippen molar-refractivity contribution in [3.05, 3.63) is 66.0 Å². The first kappa shape index (κ1) is 28.7. The minimum absolute atomic E-state index is 0.104. The van der Waals surface area contributed by atoms with Crippen LogP contribution in [-0.4, -0.2) is 68.8 Å². The number of pyridine rings is 1. The van der Waals surface area contributed by atoms with Gasteiger partial charge in [-0.3, -0.25) is 10.1 Å². The zero-order chi connectivity index (χ0) is 29.0. The number of rotatable bonds is 8. The van der Waals surface area contributed by atoms with Crippen LogP contribution >= 0.6 is 0 Å². The summed E-state index contributed by atoms with van der Waals surface area (Å²) in [6, 6.07) is 17.0. The molecule has 0 spiro atoms. The molecule has 1 aromatic carbocycles. The Kier molecular flexibility index (Phi) is 9.92. The molecule has 4 heterocycles. The largest absolute Gasteiger partial charge is 0.375 e. The van der Waals surface area contributed by atoms with Gasteiger partial charge in [0.1, 0.15) is 18.1 Å². The number of piperidine rings is 1. The SMILES string of the molecule is COCC(=O)Nc1nc(-c2cccc(C#N)c2)cc(-c2cn(Cc3cccc(N4CCCCC4)n3)nn2)n1.O=C=O. The summed E-state index contributed by atoms with van der Waals surface area (Å²) in [6.07, 6.45) is 5.68. The van der Waals surface area contributed by atoms with E-state index in [0.717, 1.165) is 24.6 Å². The molecule has 208 valence electrons. The number of aromatic nitrogens is 6. The Balaban J connectivity index is 0.00000124. The molecule has 0 radical (unpaired) electrons. The van der Waals surface area contributed by atoms with Crippen LogP contribution in [0.15, 0.2) is 54.7 Å². The van der Waals surface area contributed by atoms with Crippen LogP contribution in [0.2, 0.25) is 0 Å². The summed E-state index contributed by atoms with van der Waals surface area (Å²) in [5.74, 6) is 0.705. The Morgan fingerprint density at radius 1 is 1.00 bits per heavy atom. The normalized spacial score (nSPS) is 12.4. The lowest BCUT2D eigenvalue weighted by Gasteiger charge is -2.27. The van der Waals surface area contributed by atoms with Gasteiger partial charge in [0.2, 0.25) is 5.95 Å². The van der Waals surface area contributed by atoms with Crippen molar-refractivity contribution in [3.63, 3.8) is 0 Å². The van der Waals surface area contributed by atoms with Crippen LogP contribution in [0.25, 0.3) is 22.6 Å². The molecule has 1 amide bonds. The molecule has 5 rings (SSSR count). The average molecular weight is 554 g/mol. The van der Waals surface area contributed by atoms with Gasteiger partial charge in [-0.15, -0.1) is 5.10 Å². The molecule has 0 unspecified atom stereocenters. The molecule has 1 N–H and O–H groups in total. The number of nitriles is 1. The monoisotopic (exact) mass is 553 g/mol. The topological polar surface area (TPSA) is 169 Å². The summed E-state index contributed by atoms with van der Waals surface area (Å²) in [5, 5.41) is 20.6. The van der Waals surface area contributed by atoms with E-state index in [1.165, 1.54) is 26.4 Å². The Labute approximate surface area is 235 Å². The summed E-state index contributed by atoms with van der Waals surface area (Å²) in [7, 11) is 1.44. The van der Waals surface area contributed by atoms with Crippen molar-refractivity contribution in [2.45, 2.75) is 25.8 Å². The number of anilines is 2. The van der Waals surface area contributed by atoms with Crippen molar-refractivity contribution in [2.75, 3.05) is 37.0 Å². The molecule has 1 aliphatic rings. The van der Waals surface area contributed by atoms with Crippen LogP contribution in [0.3, 0.4) is 0 Å². The Morgan fingerprint density at radius 2 is 1.76 bits per heavy atom. The lowest BCUT2D eigenvalue weighted by Crippen LogP contribution is -2.30. The average Bonchev–Trinajstić information content (AvgIpc) is 3.47. The number of ether oxygens (including phenoxy) is 1. The maximum atomic E-state index is 12.2. The van der Waals surface area contributed by atoms with Gasteiger partial charge in [0, 0.05) is 25.8 Å². The number of methoxy groups -OCH3 is 1. The first-order valence-electron chi connectivity index (χ1n) is 12.8. The summed E-state index contributed by atoms with van der Waals surface area (Å²) >= 11 is 0. The number of hydrogen-bond acceptors (Lipinski definition) is 11. The first-order valence-corrected chi connectivity index (χ1v) is 12.8. The van der Waals surface area contributed by atoms with E-state index in [4.69, 9.17) is 19.3 Å². The van der Waals surface area contributed by atoms with Crippen LogP contribution < -0.4 is 10.2 Å². The van der Waals surface area contributed by atoms with Crippen molar-refractivity contribution in [1.82, 2.24) is 29.9 Å². The predicted molar refractivity (Wildman–Crippen MR) is 146 cm³/mol. The Morgan fingerprint density at radius 3 is 2.51 bits per heavy atom. The fraction of sp³-hybridized carbons (Fsp3) is 0.286. The molecular formula is C28H27N9O4. The highest BCUT2D eigenvalue weighted by Crippen LogP contribution is 2.25. The van der Waals surface area contributed by atoms with Crippen LogP contribution in [0, 0.1) is 11.3 Å². The highest BCUT2D eigenvalue weighted by atomic mass is 16.5. The summed E-state index contributed by atoms with van der Waals surface area (Å²) in [4.78, 5) is 44.5. The van der Waals surface area contributed by atoms with Crippen LogP contribution in [0.4, 0.5) is 11.8 Å². The van der Waals surface area contributed by atoms with Crippen LogP contribution in [0.1, 0.15) is 30.5 Å². The van der Waals surface area contributed by atoms with Crippen molar-refractivity contribution in [2.24, 2.45) is 0 Å². The van der Waals surface area contributed by atoms with Gasteiger partial charge >= 0.3 is 6.15 Å². The Bertz CT molecular complexity index is 1570. The lowest BCUT2D eigenvalue weighted by atomic mass is 10.1. The smallest absolute Gasteiger partial charge is 0.373 e. The van der Waals surface area contributed by atoms with Crippen LogP contribution in [-0.2, 0) is 25.7 Å². The molecule has 1 saturated heterocycles. The third kappa shape index (κ3) is 7.86. The predicted octanol–water partition coefficient (Wildman–Crippen LogP) is 2.71. The number of carbonyl (C=O) groups excluding carboxylic acids is 3. The fourth-order valence-electron chi connectivity index (χ4n) is 4.34. The van der Waals surface area contributed by atoms with E-state index in [2.05, 4.69) is 36.6 Å². The second kappa shape index (κ2) is 14.2. The maximum Gasteiger partial charge on any atom is 0.373 e. The molecule has 13 heteroatoms. The minimum Gasteiger partial charge on any atom is -0.375 e. The van der Waals surface area contributed by atoms with E-state index < -0.39 is 0 Å². The summed E-state index contributed by atoms with van der Waals surface area (Å²) in [5.41, 5.74) is 3.61. The van der Waals surface area contributed by atoms with Crippen molar-refractivity contribution in [3.8, 4) is 28.7 Å². The Hall–Kier alpha value is -5.31. The van der Waals surface area contributed by atoms with Crippen molar-refractivity contribution >= 4 is 23.8 Å². The lowest BCUT2D eigenvalue weighted by molar-refractivity contribution is -0.191. The molecule has 0 bridgehead atoms. The van der Waals surface area contributed by atoms with Gasteiger partial charge in [-0.2, -0.15) is 14.9 Å². The maximum absolute atomic E-state index is 12.2. The van der Waals surface area contributed by atoms with Gasteiger partial charge in [-0.1, -0.05) is 23.4 Å². The molecule has 4 aromatic rings. The van der Waals surface area contributed by atoms with Gasteiger partial charge in [-0.05, 0) is 49.6 Å². The van der Waals surface area contributed by atoms with Gasteiger partial charge in [0.25, 0.3) is 5.91 Å². The zero-order valence-corrected chi connectivity index (χ0v) is 22.4. The molecule has 0 atom stereocenters. The molecule has 0 saturated carbocycles. The van der Waals surface area contributed by atoms with Gasteiger partial charge in [0.05, 0.1) is 41.5 Å². The van der Waals surface area contributed by atoms with E-state index in [1.807, 2.05) is 24.3 Å². The molecule has 13 nitrogen and oxygen atoms in total.